The Balaban J connectivity index is 2.10. The molecule has 0 radical (unpaired) electrons. The fourth-order valence-electron chi connectivity index (χ4n) is 3.08. The Morgan fingerprint density at radius 1 is 1.43 bits per heavy atom. The van der Waals surface area contributed by atoms with Crippen LogP contribution in [0.1, 0.15) is 50.8 Å². The first kappa shape index (κ1) is 16.3. The van der Waals surface area contributed by atoms with Crippen molar-refractivity contribution < 1.29 is 4.74 Å². The number of benzene rings is 1. The second-order valence-corrected chi connectivity index (χ2v) is 6.38. The van der Waals surface area contributed by atoms with Gasteiger partial charge in [-0.15, -0.1) is 0 Å². The number of methoxy groups -OCH3 is 1. The van der Waals surface area contributed by atoms with E-state index in [1.165, 1.54) is 37.1 Å². The maximum Gasteiger partial charge on any atom is 0.123 e. The third kappa shape index (κ3) is 4.45. The van der Waals surface area contributed by atoms with Crippen LogP contribution in [0.2, 0.25) is 0 Å². The van der Waals surface area contributed by atoms with Crippen molar-refractivity contribution in [2.45, 2.75) is 46.2 Å². The first-order chi connectivity index (χ1) is 10.1. The Bertz CT molecular complexity index is 447. The van der Waals surface area contributed by atoms with Gasteiger partial charge in [0, 0.05) is 24.7 Å². The topological polar surface area (TPSA) is 24.5 Å². The Hall–Kier alpha value is -1.06. The predicted molar refractivity (Wildman–Crippen MR) is 88.8 cm³/mol. The zero-order valence-corrected chi connectivity index (χ0v) is 14.0. The number of hydrogen-bond donors (Lipinski definition) is 1. The Kier molecular flexibility index (Phi) is 6.07. The lowest BCUT2D eigenvalue weighted by Crippen LogP contribution is -2.21. The molecule has 3 nitrogen and oxygen atoms in total. The highest BCUT2D eigenvalue weighted by Crippen LogP contribution is 2.27. The molecule has 0 aromatic heterocycles. The fourth-order valence-corrected chi connectivity index (χ4v) is 3.08. The van der Waals surface area contributed by atoms with Crippen LogP contribution in [0.25, 0.3) is 0 Å². The minimum Gasteiger partial charge on any atom is -0.496 e. The average Bonchev–Trinajstić information content (AvgIpc) is 2.89. The van der Waals surface area contributed by atoms with Crippen LogP contribution < -0.4 is 10.1 Å². The van der Waals surface area contributed by atoms with E-state index >= 15 is 0 Å². The van der Waals surface area contributed by atoms with E-state index in [2.05, 4.69) is 49.2 Å². The van der Waals surface area contributed by atoms with Crippen LogP contribution in [0.5, 0.6) is 5.75 Å². The van der Waals surface area contributed by atoms with Crippen molar-refractivity contribution in [2.75, 3.05) is 26.7 Å². The smallest absolute Gasteiger partial charge is 0.123 e. The molecule has 118 valence electrons. The van der Waals surface area contributed by atoms with Gasteiger partial charge in [0.05, 0.1) is 7.11 Å². The molecule has 21 heavy (non-hydrogen) atoms. The zero-order valence-electron chi connectivity index (χ0n) is 14.0. The van der Waals surface area contributed by atoms with Crippen LogP contribution in [0.4, 0.5) is 0 Å². The number of nitrogens with one attached hydrogen (secondary N) is 1. The van der Waals surface area contributed by atoms with Gasteiger partial charge in [-0.05, 0) is 56.5 Å². The maximum absolute atomic E-state index is 5.55. The molecule has 1 N–H and O–H groups in total. The summed E-state index contributed by atoms with van der Waals surface area (Å²) in [5, 5.41) is 3.56. The van der Waals surface area contributed by atoms with Gasteiger partial charge in [-0.2, -0.15) is 0 Å². The summed E-state index contributed by atoms with van der Waals surface area (Å²) in [4.78, 5) is 2.54. The Morgan fingerprint density at radius 2 is 2.24 bits per heavy atom. The van der Waals surface area contributed by atoms with Gasteiger partial charge >= 0.3 is 0 Å². The van der Waals surface area contributed by atoms with E-state index in [4.69, 9.17) is 4.74 Å². The van der Waals surface area contributed by atoms with E-state index < -0.39 is 0 Å². The van der Waals surface area contributed by atoms with E-state index in [-0.39, 0.29) is 0 Å². The SMILES string of the molecule is CCCNC(C)c1ccc(OC)c(CN2CCC(C)C2)c1. The lowest BCUT2D eigenvalue weighted by molar-refractivity contribution is 0.311. The van der Waals surface area contributed by atoms with Crippen molar-refractivity contribution in [1.29, 1.82) is 0 Å². The van der Waals surface area contributed by atoms with Gasteiger partial charge in [-0.25, -0.2) is 0 Å². The highest BCUT2D eigenvalue weighted by molar-refractivity contribution is 5.38. The standard InChI is InChI=1S/C18H30N2O/c1-5-9-19-15(3)16-6-7-18(21-4)17(11-16)13-20-10-8-14(2)12-20/h6-7,11,14-15,19H,5,8-10,12-13H2,1-4H3. The van der Waals surface area contributed by atoms with Gasteiger partial charge < -0.3 is 10.1 Å². The van der Waals surface area contributed by atoms with E-state index in [0.717, 1.165) is 24.8 Å². The number of nitrogens with zero attached hydrogens (tertiary/aromatic N) is 1. The maximum atomic E-state index is 5.55. The molecule has 0 saturated carbocycles. The largest absolute Gasteiger partial charge is 0.496 e. The molecule has 3 heteroatoms. The van der Waals surface area contributed by atoms with Crippen LogP contribution in [-0.4, -0.2) is 31.6 Å². The Labute approximate surface area is 129 Å². The van der Waals surface area contributed by atoms with Crippen molar-refractivity contribution in [2.24, 2.45) is 5.92 Å². The van der Waals surface area contributed by atoms with Crippen LogP contribution in [-0.2, 0) is 6.54 Å². The van der Waals surface area contributed by atoms with E-state index in [0.29, 0.717) is 6.04 Å². The number of likely N-dealkylation sites (tertiary alicyclic amines) is 1. The van der Waals surface area contributed by atoms with Gasteiger partial charge in [-0.3, -0.25) is 4.90 Å². The molecule has 1 aromatic carbocycles. The summed E-state index contributed by atoms with van der Waals surface area (Å²) in [6.45, 7) is 11.3. The molecule has 0 amide bonds. The monoisotopic (exact) mass is 290 g/mol. The van der Waals surface area contributed by atoms with Crippen molar-refractivity contribution in [3.63, 3.8) is 0 Å². The highest BCUT2D eigenvalue weighted by Gasteiger charge is 2.20. The second kappa shape index (κ2) is 7.81. The van der Waals surface area contributed by atoms with Crippen LogP contribution in [0.15, 0.2) is 18.2 Å². The minimum absolute atomic E-state index is 0.395. The molecule has 0 spiro atoms. The van der Waals surface area contributed by atoms with Gasteiger partial charge in [-0.1, -0.05) is 19.9 Å². The fraction of sp³-hybridized carbons (Fsp3) is 0.667. The molecule has 2 atom stereocenters. The summed E-state index contributed by atoms with van der Waals surface area (Å²) in [5.41, 5.74) is 2.67. The summed E-state index contributed by atoms with van der Waals surface area (Å²) in [6.07, 6.45) is 2.48. The number of hydrogen-bond acceptors (Lipinski definition) is 3. The van der Waals surface area contributed by atoms with Crippen LogP contribution >= 0.6 is 0 Å². The Morgan fingerprint density at radius 3 is 2.86 bits per heavy atom. The molecule has 1 heterocycles. The third-order valence-electron chi connectivity index (χ3n) is 4.41. The number of ether oxygens (including phenoxy) is 1. The summed E-state index contributed by atoms with van der Waals surface area (Å²) in [5.74, 6) is 1.84. The molecular weight excluding hydrogens is 260 g/mol. The molecule has 2 unspecified atom stereocenters. The molecule has 1 fully saturated rings. The minimum atomic E-state index is 0.395. The van der Waals surface area contributed by atoms with Gasteiger partial charge in [0.25, 0.3) is 0 Å². The molecule has 0 aliphatic carbocycles. The molecule has 2 rings (SSSR count). The van der Waals surface area contributed by atoms with Crippen molar-refractivity contribution in [3.05, 3.63) is 29.3 Å². The van der Waals surface area contributed by atoms with Crippen molar-refractivity contribution in [1.82, 2.24) is 10.2 Å². The van der Waals surface area contributed by atoms with E-state index in [9.17, 15) is 0 Å². The summed E-state index contributed by atoms with van der Waals surface area (Å²) < 4.78 is 5.55. The normalized spacial score (nSPS) is 20.7. The zero-order chi connectivity index (χ0) is 15.2. The van der Waals surface area contributed by atoms with Crippen LogP contribution in [0.3, 0.4) is 0 Å². The summed E-state index contributed by atoms with van der Waals surface area (Å²) >= 11 is 0. The first-order valence-corrected chi connectivity index (χ1v) is 8.26. The lowest BCUT2D eigenvalue weighted by Gasteiger charge is -2.20. The molecule has 0 bridgehead atoms. The summed E-state index contributed by atoms with van der Waals surface area (Å²) in [6, 6.07) is 7.01. The summed E-state index contributed by atoms with van der Waals surface area (Å²) in [7, 11) is 1.77. The van der Waals surface area contributed by atoms with Crippen molar-refractivity contribution >= 4 is 0 Å². The molecular formula is C18H30N2O. The van der Waals surface area contributed by atoms with E-state index in [1.54, 1.807) is 7.11 Å². The molecule has 1 aromatic rings. The van der Waals surface area contributed by atoms with E-state index in [1.807, 2.05) is 0 Å². The van der Waals surface area contributed by atoms with Gasteiger partial charge in [0.1, 0.15) is 5.75 Å². The van der Waals surface area contributed by atoms with Crippen molar-refractivity contribution in [3.8, 4) is 5.75 Å². The molecule has 1 aliphatic heterocycles. The lowest BCUT2D eigenvalue weighted by atomic mass is 10.0. The highest BCUT2D eigenvalue weighted by atomic mass is 16.5. The second-order valence-electron chi connectivity index (χ2n) is 6.38. The van der Waals surface area contributed by atoms with Crippen LogP contribution in [0, 0.1) is 5.92 Å². The predicted octanol–water partition coefficient (Wildman–Crippen LogP) is 3.60. The van der Waals surface area contributed by atoms with Gasteiger partial charge in [0.15, 0.2) is 0 Å². The average molecular weight is 290 g/mol. The quantitative estimate of drug-likeness (QED) is 0.830. The number of rotatable bonds is 7. The molecule has 1 saturated heterocycles. The third-order valence-corrected chi connectivity index (χ3v) is 4.41. The molecule has 1 aliphatic rings. The first-order valence-electron chi connectivity index (χ1n) is 8.26. The van der Waals surface area contributed by atoms with Gasteiger partial charge in [0.2, 0.25) is 0 Å².